The van der Waals surface area contributed by atoms with Crippen LogP contribution >= 0.6 is 11.3 Å². The average Bonchev–Trinajstić information content (AvgIpc) is 4.18. The summed E-state index contributed by atoms with van der Waals surface area (Å²) in [4.78, 5) is 54.3. The monoisotopic (exact) mass is 993 g/mol. The summed E-state index contributed by atoms with van der Waals surface area (Å²) in [6.45, 7) is 13.2. The quantitative estimate of drug-likeness (QED) is 0.110. The molecule has 72 heavy (non-hydrogen) atoms. The molecule has 2 amide bonds. The van der Waals surface area contributed by atoms with Crippen molar-refractivity contribution >= 4 is 46.4 Å². The fourth-order valence-electron chi connectivity index (χ4n) is 11.5. The number of likely N-dealkylation sites (tertiary alicyclic amines) is 2. The first kappa shape index (κ1) is 47.6. The minimum Gasteiger partial charge on any atom is -0.507 e. The molecule has 11 rings (SSSR count). The first-order chi connectivity index (χ1) is 35.0. The van der Waals surface area contributed by atoms with Gasteiger partial charge in [0.1, 0.15) is 17.7 Å². The van der Waals surface area contributed by atoms with Crippen LogP contribution in [0, 0.1) is 12.8 Å². The van der Waals surface area contributed by atoms with E-state index in [1.54, 1.807) is 23.5 Å². The fraction of sp³-hybridized carbons (Fsp3) is 0.472. The standard InChI is InChI=1S/C53H63N13O5S/c1-32(2)48(52(70)66-30-40(67)22-44(66)51(69)55-25-34-8-10-36(11-9-34)49-33(3)58-31-72-49)46-24-47(61-71-46)63-18-14-38(15-19-63)62-16-12-35(13-17-62)37-26-56-53(57-27-37)64-20-21-65-39(29-64)28-54-50-43(65)23-42(59-60-50)41-6-4-5-7-45(41)68/h4-11,23-24,26-27,31-32,35,38-40,44,48,67-68H,12-22,25,28-30H2,1-3H3,(H,54,60)(H,55,69)/t39-,40+,44-,48+/m0/s1. The van der Waals surface area contributed by atoms with Gasteiger partial charge in [-0.1, -0.05) is 55.4 Å². The molecule has 4 N–H and O–H groups in total. The molecular weight excluding hydrogens is 931 g/mol. The number of aromatic hydroxyl groups is 1. The maximum Gasteiger partial charge on any atom is 0.243 e. The van der Waals surface area contributed by atoms with E-state index in [9.17, 15) is 19.8 Å². The number of piperazine rings is 1. The summed E-state index contributed by atoms with van der Waals surface area (Å²) in [5, 5.41) is 41.0. The van der Waals surface area contributed by atoms with Gasteiger partial charge in [-0.15, -0.1) is 21.5 Å². The van der Waals surface area contributed by atoms with Crippen LogP contribution in [0.3, 0.4) is 0 Å². The third-order valence-corrected chi connectivity index (χ3v) is 16.5. The minimum atomic E-state index is -0.795. The molecule has 6 aromatic rings. The lowest BCUT2D eigenvalue weighted by molar-refractivity contribution is -0.141. The molecule has 9 heterocycles. The molecule has 19 heteroatoms. The summed E-state index contributed by atoms with van der Waals surface area (Å²) in [7, 11) is 0. The molecule has 0 aliphatic carbocycles. The SMILES string of the molecule is Cc1ncsc1-c1ccc(CNC(=O)[C@@H]2C[C@@H](O)CN2C(=O)[C@@H](c2cc(N3CCC(N4CCC(c5cnc(N6CCN7c8cc(-c9ccccc9O)nnc8NC[C@H]7C6)nc5)CC4)CC3)no2)C(C)C)cc1. The summed E-state index contributed by atoms with van der Waals surface area (Å²) >= 11 is 1.60. The van der Waals surface area contributed by atoms with E-state index in [1.807, 2.05) is 87.2 Å². The number of para-hydroxylation sites is 1. The van der Waals surface area contributed by atoms with Crippen LogP contribution in [0.2, 0.25) is 0 Å². The van der Waals surface area contributed by atoms with Crippen molar-refractivity contribution in [3.8, 4) is 27.4 Å². The molecule has 18 nitrogen and oxygen atoms in total. The zero-order chi connectivity index (χ0) is 49.5. The highest BCUT2D eigenvalue weighted by molar-refractivity contribution is 7.13. The van der Waals surface area contributed by atoms with E-state index >= 15 is 0 Å². The Bertz CT molecular complexity index is 2860. The number of phenolic OH excluding ortho intramolecular Hbond substituents is 1. The van der Waals surface area contributed by atoms with Gasteiger partial charge < -0.3 is 49.9 Å². The fourth-order valence-corrected chi connectivity index (χ4v) is 12.3. The Balaban J connectivity index is 0.645. The van der Waals surface area contributed by atoms with Gasteiger partial charge in [-0.25, -0.2) is 15.0 Å². The molecule has 4 fully saturated rings. The molecule has 0 spiro atoms. The second-order valence-corrected chi connectivity index (χ2v) is 21.2. The number of phenols is 1. The van der Waals surface area contributed by atoms with Gasteiger partial charge in [0.05, 0.1) is 39.6 Å². The molecule has 4 aromatic heterocycles. The highest BCUT2D eigenvalue weighted by Crippen LogP contribution is 2.38. The van der Waals surface area contributed by atoms with Crippen molar-refractivity contribution in [1.29, 1.82) is 0 Å². The number of rotatable bonds is 12. The van der Waals surface area contributed by atoms with Crippen LogP contribution in [0.1, 0.15) is 80.4 Å². The van der Waals surface area contributed by atoms with Crippen LogP contribution in [-0.4, -0.2) is 145 Å². The van der Waals surface area contributed by atoms with Gasteiger partial charge in [-0.3, -0.25) is 9.59 Å². The first-order valence-electron chi connectivity index (χ1n) is 25.5. The molecule has 0 unspecified atom stereocenters. The van der Waals surface area contributed by atoms with Crippen LogP contribution < -0.4 is 25.3 Å². The van der Waals surface area contributed by atoms with Crippen molar-refractivity contribution in [2.24, 2.45) is 5.92 Å². The minimum absolute atomic E-state index is 0.0884. The number of β-amino-alcohol motifs (C(OH)–C–C–N with tert-alkyl or cyclic N) is 1. The summed E-state index contributed by atoms with van der Waals surface area (Å²) in [6, 6.07) is 19.1. The molecule has 2 aromatic carbocycles. The van der Waals surface area contributed by atoms with Crippen molar-refractivity contribution in [3.63, 3.8) is 0 Å². The summed E-state index contributed by atoms with van der Waals surface area (Å²) in [6.07, 6.45) is 7.61. The average molecular weight is 994 g/mol. The van der Waals surface area contributed by atoms with Crippen LogP contribution in [0.15, 0.2) is 83.1 Å². The van der Waals surface area contributed by atoms with Crippen molar-refractivity contribution < 1.29 is 24.3 Å². The Kier molecular flexibility index (Phi) is 13.5. The molecule has 0 bridgehead atoms. The number of hydrogen-bond acceptors (Lipinski definition) is 17. The maximum absolute atomic E-state index is 14.3. The first-order valence-corrected chi connectivity index (χ1v) is 26.4. The molecule has 4 atom stereocenters. The second kappa shape index (κ2) is 20.4. The largest absolute Gasteiger partial charge is 0.507 e. The van der Waals surface area contributed by atoms with E-state index in [2.05, 4.69) is 50.6 Å². The number of carbonyl (C=O) groups excluding carboxylic acids is 2. The number of nitrogens with zero attached hydrogens (tertiary/aromatic N) is 11. The Morgan fingerprint density at radius 3 is 2.40 bits per heavy atom. The van der Waals surface area contributed by atoms with Crippen LogP contribution in [-0.2, 0) is 16.1 Å². The topological polar surface area (TPSA) is 205 Å². The molecule has 0 radical (unpaired) electrons. The number of carbonyl (C=O) groups is 2. The Morgan fingerprint density at radius 1 is 0.889 bits per heavy atom. The number of aromatic nitrogens is 6. The smallest absolute Gasteiger partial charge is 0.243 e. The molecule has 376 valence electrons. The van der Waals surface area contributed by atoms with Gasteiger partial charge >= 0.3 is 0 Å². The molecule has 4 saturated heterocycles. The van der Waals surface area contributed by atoms with Gasteiger partial charge in [0, 0.05) is 88.8 Å². The van der Waals surface area contributed by atoms with Gasteiger partial charge in [-0.2, -0.15) is 0 Å². The zero-order valence-corrected chi connectivity index (χ0v) is 41.9. The maximum atomic E-state index is 14.3. The molecule has 5 aliphatic heterocycles. The number of aryl methyl sites for hydroxylation is 1. The zero-order valence-electron chi connectivity index (χ0n) is 41.1. The Morgan fingerprint density at radius 2 is 1.67 bits per heavy atom. The third-order valence-electron chi connectivity index (χ3n) is 15.5. The van der Waals surface area contributed by atoms with Crippen LogP contribution in [0.5, 0.6) is 5.75 Å². The lowest BCUT2D eigenvalue weighted by atomic mass is 9.89. The Hall–Kier alpha value is -6.70. The number of fused-ring (bicyclic) bond motifs is 3. The van der Waals surface area contributed by atoms with Crippen molar-refractivity contribution in [3.05, 3.63) is 101 Å². The van der Waals surface area contributed by atoms with Gasteiger partial charge in [0.2, 0.25) is 17.8 Å². The van der Waals surface area contributed by atoms with E-state index < -0.39 is 18.1 Å². The van der Waals surface area contributed by atoms with Crippen molar-refractivity contribution in [2.75, 3.05) is 78.9 Å². The third kappa shape index (κ3) is 9.68. The number of amides is 2. The number of piperidine rings is 2. The van der Waals surface area contributed by atoms with Crippen LogP contribution in [0.4, 0.5) is 23.3 Å². The van der Waals surface area contributed by atoms with Gasteiger partial charge in [0.25, 0.3) is 0 Å². The van der Waals surface area contributed by atoms with E-state index in [4.69, 9.17) is 14.5 Å². The molecular formula is C53H63N13O5S. The number of anilines is 4. The number of thiazole rings is 1. The number of hydrogen-bond donors (Lipinski definition) is 4. The summed E-state index contributed by atoms with van der Waals surface area (Å²) < 4.78 is 5.94. The lowest BCUT2D eigenvalue weighted by Gasteiger charge is -2.45. The predicted molar refractivity (Wildman–Crippen MR) is 276 cm³/mol. The van der Waals surface area contributed by atoms with Gasteiger partial charge in [-0.05, 0) is 92.4 Å². The van der Waals surface area contributed by atoms with E-state index in [0.29, 0.717) is 35.5 Å². The second-order valence-electron chi connectivity index (χ2n) is 20.4. The number of aliphatic hydroxyl groups is 1. The number of nitrogens with one attached hydrogen (secondary N) is 2. The van der Waals surface area contributed by atoms with Crippen molar-refractivity contribution in [1.82, 2.24) is 45.4 Å². The molecule has 5 aliphatic rings. The molecule has 0 saturated carbocycles. The lowest BCUT2D eigenvalue weighted by Crippen LogP contribution is -2.58. The summed E-state index contributed by atoms with van der Waals surface area (Å²) in [5.41, 5.74) is 8.37. The number of benzene rings is 2. The van der Waals surface area contributed by atoms with Crippen molar-refractivity contribution in [2.45, 2.75) is 95.5 Å². The number of aliphatic hydroxyl groups excluding tert-OH is 1. The normalized spacial score (nSPS) is 21.4. The highest BCUT2D eigenvalue weighted by atomic mass is 32.1. The van der Waals surface area contributed by atoms with Gasteiger partial charge in [0.15, 0.2) is 17.4 Å². The van der Waals surface area contributed by atoms with Crippen LogP contribution in [0.25, 0.3) is 21.7 Å². The van der Waals surface area contributed by atoms with E-state index in [0.717, 1.165) is 123 Å². The van der Waals surface area contributed by atoms with E-state index in [1.165, 1.54) is 10.5 Å². The predicted octanol–water partition coefficient (Wildman–Crippen LogP) is 6.05. The highest BCUT2D eigenvalue weighted by Gasteiger charge is 2.44. The Labute approximate surface area is 423 Å². The van der Waals surface area contributed by atoms with E-state index in [-0.39, 0.29) is 42.5 Å². The summed E-state index contributed by atoms with van der Waals surface area (Å²) in [5.74, 6) is 2.05.